The summed E-state index contributed by atoms with van der Waals surface area (Å²) in [6, 6.07) is 3.79. The van der Waals surface area contributed by atoms with Gasteiger partial charge in [-0.15, -0.1) is 11.3 Å². The molecular formula is C32H26ClF5N6O2S. The molecule has 8 nitrogen and oxygen atoms in total. The highest BCUT2D eigenvalue weighted by molar-refractivity contribution is 7.23. The van der Waals surface area contributed by atoms with Gasteiger partial charge >= 0.3 is 6.01 Å². The number of rotatable bonds is 4. The summed E-state index contributed by atoms with van der Waals surface area (Å²) in [7, 11) is 0. The molecule has 8 rings (SSSR count). The van der Waals surface area contributed by atoms with Crippen molar-refractivity contribution in [3.8, 4) is 29.0 Å². The second kappa shape index (κ2) is 11.1. The van der Waals surface area contributed by atoms with E-state index in [1.54, 1.807) is 4.90 Å². The normalized spacial score (nSPS) is 23.9. The molecule has 3 atom stereocenters. The first kappa shape index (κ1) is 30.4. The van der Waals surface area contributed by atoms with Crippen LogP contribution < -0.4 is 20.1 Å². The molecule has 4 aliphatic rings. The zero-order valence-corrected chi connectivity index (χ0v) is 26.3. The average Bonchev–Trinajstić information content (AvgIpc) is 3.78. The molecular weight excluding hydrogens is 663 g/mol. The van der Waals surface area contributed by atoms with E-state index in [9.17, 15) is 22.8 Å². The van der Waals surface area contributed by atoms with Crippen molar-refractivity contribution < 1.29 is 31.4 Å². The first-order chi connectivity index (χ1) is 22.6. The number of ether oxygens (including phenoxy) is 2. The molecule has 0 saturated carbocycles. The number of aromatic nitrogens is 2. The van der Waals surface area contributed by atoms with E-state index >= 15 is 4.39 Å². The molecule has 15 heteroatoms. The number of nitriles is 1. The molecule has 3 fully saturated rings. The second-order valence-electron chi connectivity index (χ2n) is 12.5. The van der Waals surface area contributed by atoms with E-state index in [1.165, 1.54) is 6.07 Å². The van der Waals surface area contributed by atoms with Crippen molar-refractivity contribution in [3.63, 3.8) is 0 Å². The standard InChI is InChI=1S/C32H26ClF5N6O2S/c33-23-21(17-2-3-19(35)27-20(17)18(10-39)29(40)47-27)24(36)25-22-26(23)45-7-4-16-8-14(28(37)38)11-44(16)30(22)42-31(41-25)46-13-32-5-1-6-43(32)12-15(34)9-32/h2-3,15-16H,1,4-9,11-13,40H2/t15-,16?,32?/m1/s1. The summed E-state index contributed by atoms with van der Waals surface area (Å²) in [6.45, 7) is 0.992. The molecule has 2 aromatic carbocycles. The number of benzene rings is 2. The monoisotopic (exact) mass is 688 g/mol. The molecule has 244 valence electrons. The van der Waals surface area contributed by atoms with Gasteiger partial charge in [0.2, 0.25) is 0 Å². The van der Waals surface area contributed by atoms with Gasteiger partial charge in [0, 0.05) is 48.5 Å². The van der Waals surface area contributed by atoms with Gasteiger partial charge in [-0.2, -0.15) is 24.0 Å². The molecule has 4 aromatic rings. The van der Waals surface area contributed by atoms with Crippen molar-refractivity contribution in [2.75, 3.05) is 43.5 Å². The Bertz CT molecular complexity index is 2070. The molecule has 3 saturated heterocycles. The summed E-state index contributed by atoms with van der Waals surface area (Å²) >= 11 is 7.80. The van der Waals surface area contributed by atoms with E-state index in [0.29, 0.717) is 19.4 Å². The molecule has 0 aliphatic carbocycles. The third-order valence-corrected chi connectivity index (χ3v) is 11.3. The molecule has 0 amide bonds. The fourth-order valence-electron chi connectivity index (χ4n) is 7.77. The Hall–Kier alpha value is -3.93. The average molecular weight is 689 g/mol. The van der Waals surface area contributed by atoms with Crippen LogP contribution in [0.5, 0.6) is 11.8 Å². The predicted molar refractivity (Wildman–Crippen MR) is 168 cm³/mol. The van der Waals surface area contributed by atoms with Crippen LogP contribution in [0.3, 0.4) is 0 Å². The first-order valence-electron chi connectivity index (χ1n) is 15.2. The van der Waals surface area contributed by atoms with E-state index in [4.69, 9.17) is 26.8 Å². The summed E-state index contributed by atoms with van der Waals surface area (Å²) in [4.78, 5) is 12.8. The maximum absolute atomic E-state index is 17.1. The summed E-state index contributed by atoms with van der Waals surface area (Å²) in [5.74, 6) is -1.43. The topological polar surface area (TPSA) is 101 Å². The summed E-state index contributed by atoms with van der Waals surface area (Å²) in [6.07, 6.45) is -0.526. The van der Waals surface area contributed by atoms with E-state index in [0.717, 1.165) is 30.4 Å². The van der Waals surface area contributed by atoms with Crippen molar-refractivity contribution in [3.05, 3.63) is 46.0 Å². The highest BCUT2D eigenvalue weighted by Gasteiger charge is 2.49. The second-order valence-corrected chi connectivity index (χ2v) is 13.9. The predicted octanol–water partition coefficient (Wildman–Crippen LogP) is 7.36. The van der Waals surface area contributed by atoms with Crippen LogP contribution >= 0.6 is 22.9 Å². The van der Waals surface area contributed by atoms with Crippen LogP contribution in [0.15, 0.2) is 23.8 Å². The first-order valence-corrected chi connectivity index (χ1v) is 16.4. The molecule has 0 radical (unpaired) electrons. The number of hydrogen-bond donors (Lipinski definition) is 1. The van der Waals surface area contributed by atoms with Crippen LogP contribution in [0.25, 0.3) is 32.1 Å². The fraction of sp³-hybridized carbons (Fsp3) is 0.406. The summed E-state index contributed by atoms with van der Waals surface area (Å²) < 4.78 is 86.6. The van der Waals surface area contributed by atoms with Crippen molar-refractivity contribution in [1.82, 2.24) is 14.9 Å². The van der Waals surface area contributed by atoms with Gasteiger partial charge in [0.15, 0.2) is 11.6 Å². The third kappa shape index (κ3) is 4.61. The van der Waals surface area contributed by atoms with Crippen LogP contribution in [0.4, 0.5) is 32.8 Å². The third-order valence-electron chi connectivity index (χ3n) is 9.89. The minimum Gasteiger partial charge on any atom is -0.491 e. The number of nitrogens with zero attached hydrogens (tertiary/aromatic N) is 5. The number of alkyl halides is 1. The fourth-order valence-corrected chi connectivity index (χ4v) is 9.05. The number of thiophene rings is 1. The Labute approximate surface area is 274 Å². The smallest absolute Gasteiger partial charge is 0.319 e. The van der Waals surface area contributed by atoms with Gasteiger partial charge in [-0.25, -0.2) is 13.2 Å². The van der Waals surface area contributed by atoms with Crippen molar-refractivity contribution in [2.24, 2.45) is 0 Å². The van der Waals surface area contributed by atoms with Crippen molar-refractivity contribution in [2.45, 2.75) is 49.9 Å². The van der Waals surface area contributed by atoms with E-state index < -0.39 is 35.5 Å². The van der Waals surface area contributed by atoms with Crippen molar-refractivity contribution in [1.29, 1.82) is 5.26 Å². The number of halogens is 6. The van der Waals surface area contributed by atoms with Gasteiger partial charge < -0.3 is 20.1 Å². The van der Waals surface area contributed by atoms with Crippen LogP contribution in [-0.4, -0.2) is 65.5 Å². The zero-order chi connectivity index (χ0) is 32.8. The lowest BCUT2D eigenvalue weighted by atomic mass is 9.95. The maximum atomic E-state index is 17.1. The lowest BCUT2D eigenvalue weighted by molar-refractivity contribution is 0.107. The van der Waals surface area contributed by atoms with E-state index in [-0.39, 0.29) is 103 Å². The van der Waals surface area contributed by atoms with Gasteiger partial charge in [-0.05, 0) is 37.4 Å². The SMILES string of the molecule is N#Cc1c(N)sc2c(F)ccc(-c3c(Cl)c4c5c(nc(OCC67CCCN6C[C@H](F)C7)nc5c3F)N3CC(=C(F)F)CC3CCO4)c12. The van der Waals surface area contributed by atoms with Gasteiger partial charge in [0.1, 0.15) is 41.0 Å². The van der Waals surface area contributed by atoms with Crippen LogP contribution in [-0.2, 0) is 0 Å². The molecule has 2 N–H and O–H groups in total. The Morgan fingerprint density at radius 1 is 1.26 bits per heavy atom. The summed E-state index contributed by atoms with van der Waals surface area (Å²) in [5, 5.41) is 9.93. The maximum Gasteiger partial charge on any atom is 0.319 e. The van der Waals surface area contributed by atoms with E-state index in [1.807, 2.05) is 6.07 Å². The van der Waals surface area contributed by atoms with Gasteiger partial charge in [-0.1, -0.05) is 17.7 Å². The Morgan fingerprint density at radius 2 is 2.09 bits per heavy atom. The molecule has 2 unspecified atom stereocenters. The lowest BCUT2D eigenvalue weighted by Crippen LogP contribution is -2.43. The van der Waals surface area contributed by atoms with Gasteiger partial charge in [0.05, 0.1) is 32.8 Å². The Kier molecular flexibility index (Phi) is 7.16. The van der Waals surface area contributed by atoms with Crippen LogP contribution in [0.2, 0.25) is 5.02 Å². The summed E-state index contributed by atoms with van der Waals surface area (Å²) in [5.41, 5.74) is 5.05. The number of nitrogen functional groups attached to an aromatic ring is 1. The number of hydrogen-bond acceptors (Lipinski definition) is 9. The Morgan fingerprint density at radius 3 is 2.87 bits per heavy atom. The number of anilines is 2. The highest BCUT2D eigenvalue weighted by Crippen LogP contribution is 2.52. The van der Waals surface area contributed by atoms with Gasteiger partial charge in [0.25, 0.3) is 6.08 Å². The van der Waals surface area contributed by atoms with Crippen molar-refractivity contribution >= 4 is 54.7 Å². The number of nitrogens with two attached hydrogens (primary N) is 1. The van der Waals surface area contributed by atoms with Crippen LogP contribution in [0.1, 0.15) is 37.7 Å². The van der Waals surface area contributed by atoms with E-state index in [2.05, 4.69) is 14.9 Å². The quantitative estimate of drug-likeness (QED) is 0.222. The van der Waals surface area contributed by atoms with Crippen LogP contribution in [0, 0.1) is 23.0 Å². The molecule has 2 aromatic heterocycles. The molecule has 47 heavy (non-hydrogen) atoms. The van der Waals surface area contributed by atoms with Gasteiger partial charge in [-0.3, -0.25) is 4.90 Å². The lowest BCUT2D eigenvalue weighted by Gasteiger charge is -2.32. The minimum absolute atomic E-state index is 0.0204. The molecule has 0 bridgehead atoms. The molecule has 0 spiro atoms. The highest BCUT2D eigenvalue weighted by atomic mass is 35.5. The molecule has 6 heterocycles. The minimum atomic E-state index is -1.79. The largest absolute Gasteiger partial charge is 0.491 e. The Balaban J connectivity index is 1.36. The molecule has 4 aliphatic heterocycles. The zero-order valence-electron chi connectivity index (χ0n) is 24.7. The number of fused-ring (bicyclic) bond motifs is 4.